The molecule has 0 aliphatic heterocycles. The van der Waals surface area contributed by atoms with Crippen molar-refractivity contribution in [3.8, 4) is 0 Å². The Morgan fingerprint density at radius 3 is 2.12 bits per heavy atom. The van der Waals surface area contributed by atoms with Crippen LogP contribution in [0.3, 0.4) is 0 Å². The molecule has 0 bridgehead atoms. The summed E-state index contributed by atoms with van der Waals surface area (Å²) >= 11 is 18.9. The van der Waals surface area contributed by atoms with Gasteiger partial charge in [-0.2, -0.15) is 0 Å². The average Bonchev–Trinajstić information content (AvgIpc) is 2.21. The molecule has 0 fully saturated rings. The van der Waals surface area contributed by atoms with Gasteiger partial charge in [0, 0.05) is 25.1 Å². The molecular formula is C9H18Br2IOPS3. The zero-order valence-electron chi connectivity index (χ0n) is 10.1. The van der Waals surface area contributed by atoms with Crippen molar-refractivity contribution >= 4 is 93.7 Å². The summed E-state index contributed by atoms with van der Waals surface area (Å²) in [5.74, 6) is 2.08. The maximum Gasteiger partial charge on any atom is 0.174 e. The van der Waals surface area contributed by atoms with E-state index in [0.717, 1.165) is 11.5 Å². The summed E-state index contributed by atoms with van der Waals surface area (Å²) in [7, 11) is 0. The Labute approximate surface area is 149 Å². The van der Waals surface area contributed by atoms with Gasteiger partial charge in [0.25, 0.3) is 0 Å². The van der Waals surface area contributed by atoms with Crippen molar-refractivity contribution in [1.29, 1.82) is 0 Å². The smallest absolute Gasteiger partial charge is 0.174 e. The molecule has 0 aromatic carbocycles. The van der Waals surface area contributed by atoms with E-state index in [1.165, 1.54) is 0 Å². The average molecular weight is 556 g/mol. The third-order valence-corrected chi connectivity index (χ3v) is 13.4. The standard InChI is InChI=1S/C9H18Br2IOPS3/c1-7(10)4-13-14(15,16-5-8(2)11)17-6-9(3)12/h7-9H,4-6H2,1-3H3. The van der Waals surface area contributed by atoms with Gasteiger partial charge in [0.05, 0.1) is 6.61 Å². The van der Waals surface area contributed by atoms with Gasteiger partial charge in [0.15, 0.2) is 4.67 Å². The minimum absolute atomic E-state index is 0.365. The van der Waals surface area contributed by atoms with Crippen molar-refractivity contribution in [2.45, 2.75) is 34.4 Å². The van der Waals surface area contributed by atoms with Crippen LogP contribution in [0.2, 0.25) is 0 Å². The lowest BCUT2D eigenvalue weighted by Gasteiger charge is -2.22. The third kappa shape index (κ3) is 12.5. The Morgan fingerprint density at radius 2 is 1.71 bits per heavy atom. The zero-order valence-corrected chi connectivity index (χ0v) is 18.7. The van der Waals surface area contributed by atoms with Gasteiger partial charge in [-0.15, -0.1) is 0 Å². The van der Waals surface area contributed by atoms with Gasteiger partial charge in [-0.1, -0.05) is 98.0 Å². The van der Waals surface area contributed by atoms with Crippen LogP contribution in [0, 0.1) is 0 Å². The Hall–Kier alpha value is 3.00. The van der Waals surface area contributed by atoms with E-state index < -0.39 is 4.67 Å². The Bertz CT molecular complexity index is 216. The molecular weight excluding hydrogens is 538 g/mol. The van der Waals surface area contributed by atoms with Crippen molar-refractivity contribution in [1.82, 2.24) is 0 Å². The molecule has 0 saturated carbocycles. The highest BCUT2D eigenvalue weighted by Gasteiger charge is 2.22. The first-order valence-corrected chi connectivity index (χ1v) is 14.2. The highest BCUT2D eigenvalue weighted by molar-refractivity contribution is 14.1. The molecule has 0 N–H and O–H groups in total. The molecule has 0 radical (unpaired) electrons. The third-order valence-electron chi connectivity index (χ3n) is 1.39. The molecule has 4 atom stereocenters. The minimum atomic E-state index is -1.78. The van der Waals surface area contributed by atoms with Crippen LogP contribution in [0.4, 0.5) is 0 Å². The predicted octanol–water partition coefficient (Wildman–Crippen LogP) is 6.08. The second-order valence-corrected chi connectivity index (χ2v) is 19.5. The monoisotopic (exact) mass is 554 g/mol. The summed E-state index contributed by atoms with van der Waals surface area (Å²) in [5, 5.41) is 0. The van der Waals surface area contributed by atoms with Gasteiger partial charge in [0.1, 0.15) is 0 Å². The highest BCUT2D eigenvalue weighted by Crippen LogP contribution is 2.70. The van der Waals surface area contributed by atoms with Crippen LogP contribution in [0.5, 0.6) is 0 Å². The van der Waals surface area contributed by atoms with E-state index in [9.17, 15) is 0 Å². The first-order chi connectivity index (χ1) is 7.75. The molecule has 0 aromatic rings. The van der Waals surface area contributed by atoms with E-state index in [1.807, 2.05) is 22.8 Å². The second kappa shape index (κ2) is 10.7. The summed E-state index contributed by atoms with van der Waals surface area (Å²) in [6.07, 6.45) is 0. The van der Waals surface area contributed by atoms with Gasteiger partial charge in [-0.05, 0) is 11.8 Å². The number of halogens is 3. The Balaban J connectivity index is 4.29. The van der Waals surface area contributed by atoms with E-state index in [0.29, 0.717) is 20.2 Å². The molecule has 0 spiro atoms. The van der Waals surface area contributed by atoms with Crippen molar-refractivity contribution in [2.24, 2.45) is 0 Å². The fourth-order valence-corrected chi connectivity index (χ4v) is 11.4. The predicted molar refractivity (Wildman–Crippen MR) is 105 cm³/mol. The van der Waals surface area contributed by atoms with E-state index in [2.05, 4.69) is 75.2 Å². The number of hydrogen-bond acceptors (Lipinski definition) is 4. The summed E-state index contributed by atoms with van der Waals surface area (Å²) in [4.78, 5) is 0.849. The number of rotatable bonds is 9. The maximum atomic E-state index is 5.97. The van der Waals surface area contributed by atoms with Crippen molar-refractivity contribution in [2.75, 3.05) is 18.1 Å². The Kier molecular flexibility index (Phi) is 12.6. The first kappa shape index (κ1) is 20.0. The molecule has 0 aliphatic rings. The largest absolute Gasteiger partial charge is 0.333 e. The molecule has 0 aliphatic carbocycles. The van der Waals surface area contributed by atoms with Crippen LogP contribution in [0.1, 0.15) is 20.8 Å². The molecule has 1 nitrogen and oxygen atoms in total. The summed E-state index contributed by atoms with van der Waals surface area (Å²) in [5.41, 5.74) is 0. The molecule has 104 valence electrons. The van der Waals surface area contributed by atoms with Crippen LogP contribution in [0.15, 0.2) is 0 Å². The van der Waals surface area contributed by atoms with Crippen LogP contribution in [-0.2, 0) is 16.3 Å². The van der Waals surface area contributed by atoms with Gasteiger partial charge >= 0.3 is 0 Å². The van der Waals surface area contributed by atoms with Crippen LogP contribution >= 0.6 is 81.9 Å². The summed E-state index contributed by atoms with van der Waals surface area (Å²) in [6.45, 7) is 7.14. The van der Waals surface area contributed by atoms with Crippen LogP contribution in [0.25, 0.3) is 0 Å². The second-order valence-electron chi connectivity index (χ2n) is 3.68. The van der Waals surface area contributed by atoms with Crippen molar-refractivity contribution < 1.29 is 4.52 Å². The molecule has 4 unspecified atom stereocenters. The quantitative estimate of drug-likeness (QED) is 0.193. The maximum absolute atomic E-state index is 5.97. The molecule has 0 aromatic heterocycles. The van der Waals surface area contributed by atoms with Crippen LogP contribution < -0.4 is 0 Å². The van der Waals surface area contributed by atoms with Crippen molar-refractivity contribution in [3.63, 3.8) is 0 Å². The fraction of sp³-hybridized carbons (Fsp3) is 1.00. The Morgan fingerprint density at radius 1 is 1.18 bits per heavy atom. The topological polar surface area (TPSA) is 9.23 Å². The molecule has 0 saturated heterocycles. The molecule has 17 heavy (non-hydrogen) atoms. The zero-order chi connectivity index (χ0) is 13.5. The van der Waals surface area contributed by atoms with E-state index >= 15 is 0 Å². The van der Waals surface area contributed by atoms with Gasteiger partial charge < -0.3 is 4.52 Å². The highest BCUT2D eigenvalue weighted by atomic mass is 127. The lowest BCUT2D eigenvalue weighted by molar-refractivity contribution is 0.373. The normalized spacial score (nSPS) is 20.6. The summed E-state index contributed by atoms with van der Waals surface area (Å²) < 4.78 is 4.82. The lowest BCUT2D eigenvalue weighted by atomic mass is 10.5. The molecule has 8 heteroatoms. The molecule has 0 amide bonds. The van der Waals surface area contributed by atoms with Gasteiger partial charge in [-0.25, -0.2) is 0 Å². The van der Waals surface area contributed by atoms with E-state index in [-0.39, 0.29) is 0 Å². The van der Waals surface area contributed by atoms with E-state index in [4.69, 9.17) is 16.3 Å². The van der Waals surface area contributed by atoms with Crippen molar-refractivity contribution in [3.05, 3.63) is 0 Å². The van der Waals surface area contributed by atoms with Gasteiger partial charge in [-0.3, -0.25) is 0 Å². The molecule has 0 rings (SSSR count). The fourth-order valence-electron chi connectivity index (χ4n) is 0.694. The van der Waals surface area contributed by atoms with Gasteiger partial charge in [0.2, 0.25) is 0 Å². The number of alkyl halides is 3. The first-order valence-electron chi connectivity index (χ1n) is 5.21. The van der Waals surface area contributed by atoms with Crippen LogP contribution in [-0.4, -0.2) is 31.7 Å². The lowest BCUT2D eigenvalue weighted by Crippen LogP contribution is -2.03. The molecule has 0 heterocycles. The van der Waals surface area contributed by atoms with E-state index in [1.54, 1.807) is 0 Å². The minimum Gasteiger partial charge on any atom is -0.333 e. The number of hydrogen-bond donors (Lipinski definition) is 0. The summed E-state index contributed by atoms with van der Waals surface area (Å²) in [6, 6.07) is 0. The SMILES string of the molecule is CC(Br)COP(=S)(SCC(C)Br)SCC(C)I.